The molecule has 3 unspecified atom stereocenters. The van der Waals surface area contributed by atoms with Crippen molar-refractivity contribution in [2.45, 2.75) is 38.0 Å². The van der Waals surface area contributed by atoms with Gasteiger partial charge in [-0.15, -0.1) is 11.6 Å². The molecule has 2 rings (SSSR count). The van der Waals surface area contributed by atoms with E-state index in [9.17, 15) is 0 Å². The number of hydrogen-bond donors (Lipinski definition) is 0. The summed E-state index contributed by atoms with van der Waals surface area (Å²) in [5.41, 5.74) is 2.49. The maximum atomic E-state index is 6.31. The molecule has 1 aliphatic carbocycles. The van der Waals surface area contributed by atoms with E-state index in [-0.39, 0.29) is 17.8 Å². The molecule has 0 saturated heterocycles. The first-order valence-corrected chi connectivity index (χ1v) is 6.15. The van der Waals surface area contributed by atoms with E-state index in [0.29, 0.717) is 6.61 Å². The molecule has 1 aromatic carbocycles. The lowest BCUT2D eigenvalue weighted by atomic mass is 10.1. The number of alkyl halides is 1. The molecule has 0 aromatic heterocycles. The Morgan fingerprint density at radius 3 is 2.94 bits per heavy atom. The van der Waals surface area contributed by atoms with Crippen molar-refractivity contribution < 1.29 is 9.47 Å². The van der Waals surface area contributed by atoms with Crippen LogP contribution in [0.1, 0.15) is 31.1 Å². The average Bonchev–Trinajstić information content (AvgIpc) is 2.56. The van der Waals surface area contributed by atoms with Crippen molar-refractivity contribution in [2.75, 3.05) is 6.61 Å². The zero-order chi connectivity index (χ0) is 11.5. The Morgan fingerprint density at radius 2 is 2.19 bits per heavy atom. The molecular formula is C13H17ClO2. The Balaban J connectivity index is 2.10. The van der Waals surface area contributed by atoms with Crippen molar-refractivity contribution in [1.82, 2.24) is 0 Å². The van der Waals surface area contributed by atoms with Crippen LogP contribution in [-0.2, 0) is 15.9 Å². The molecule has 2 nitrogen and oxygen atoms in total. The van der Waals surface area contributed by atoms with Crippen molar-refractivity contribution in [3.63, 3.8) is 0 Å². The zero-order valence-electron chi connectivity index (χ0n) is 9.65. The minimum absolute atomic E-state index is 0.0142. The maximum absolute atomic E-state index is 6.31. The molecule has 0 radical (unpaired) electrons. The summed E-state index contributed by atoms with van der Waals surface area (Å²) in [6.45, 7) is 4.52. The highest BCUT2D eigenvalue weighted by Crippen LogP contribution is 2.38. The number of halogens is 1. The minimum Gasteiger partial charge on any atom is -0.353 e. The van der Waals surface area contributed by atoms with E-state index in [1.807, 2.05) is 26.0 Å². The number of benzene rings is 1. The van der Waals surface area contributed by atoms with Crippen molar-refractivity contribution >= 4 is 11.6 Å². The van der Waals surface area contributed by atoms with Crippen LogP contribution in [0.15, 0.2) is 24.3 Å². The molecule has 0 amide bonds. The van der Waals surface area contributed by atoms with Crippen molar-refractivity contribution in [1.29, 1.82) is 0 Å². The fraction of sp³-hybridized carbons (Fsp3) is 0.538. The van der Waals surface area contributed by atoms with Crippen LogP contribution in [0.2, 0.25) is 0 Å². The second kappa shape index (κ2) is 5.17. The van der Waals surface area contributed by atoms with Gasteiger partial charge < -0.3 is 9.47 Å². The molecule has 3 atom stereocenters. The molecule has 0 saturated carbocycles. The van der Waals surface area contributed by atoms with E-state index in [2.05, 4.69) is 12.1 Å². The molecule has 3 heteroatoms. The third-order valence-electron chi connectivity index (χ3n) is 2.84. The van der Waals surface area contributed by atoms with E-state index >= 15 is 0 Å². The first-order valence-electron chi connectivity index (χ1n) is 5.71. The Bertz CT molecular complexity index is 354. The smallest absolute Gasteiger partial charge is 0.155 e. The minimum atomic E-state index is -0.206. The number of hydrogen-bond acceptors (Lipinski definition) is 2. The van der Waals surface area contributed by atoms with Crippen LogP contribution in [-0.4, -0.2) is 18.3 Å². The number of fused-ring (bicyclic) bond motifs is 1. The van der Waals surface area contributed by atoms with Crippen LogP contribution in [0, 0.1) is 0 Å². The number of rotatable bonds is 4. The summed E-state index contributed by atoms with van der Waals surface area (Å²) in [4.78, 5) is 0. The molecule has 0 bridgehead atoms. The average molecular weight is 241 g/mol. The highest BCUT2D eigenvalue weighted by Gasteiger charge is 2.32. The summed E-state index contributed by atoms with van der Waals surface area (Å²) in [7, 11) is 0. The second-order valence-corrected chi connectivity index (χ2v) is 4.56. The third-order valence-corrected chi connectivity index (χ3v) is 3.23. The number of ether oxygens (including phenoxy) is 2. The highest BCUT2D eigenvalue weighted by atomic mass is 35.5. The van der Waals surface area contributed by atoms with Gasteiger partial charge in [-0.2, -0.15) is 0 Å². The van der Waals surface area contributed by atoms with Gasteiger partial charge >= 0.3 is 0 Å². The first-order chi connectivity index (χ1) is 7.72. The van der Waals surface area contributed by atoms with Crippen LogP contribution in [0.4, 0.5) is 0 Å². The lowest BCUT2D eigenvalue weighted by Gasteiger charge is -2.21. The Labute approximate surface area is 102 Å². The van der Waals surface area contributed by atoms with Gasteiger partial charge in [0.1, 0.15) is 6.10 Å². The van der Waals surface area contributed by atoms with Gasteiger partial charge in [-0.1, -0.05) is 24.3 Å². The summed E-state index contributed by atoms with van der Waals surface area (Å²) in [5, 5.41) is 0.0142. The fourth-order valence-electron chi connectivity index (χ4n) is 2.15. The predicted molar refractivity (Wildman–Crippen MR) is 64.7 cm³/mol. The van der Waals surface area contributed by atoms with Crippen LogP contribution >= 0.6 is 11.6 Å². The van der Waals surface area contributed by atoms with E-state index in [1.165, 1.54) is 11.1 Å². The standard InChI is InChI=1S/C13H17ClO2/c1-3-15-9(2)16-13-11-7-5-4-6-10(11)8-12(13)14/h4-7,9,12-13H,3,8H2,1-2H3. The van der Waals surface area contributed by atoms with Gasteiger partial charge in [0.05, 0.1) is 5.38 Å². The third kappa shape index (κ3) is 2.40. The monoisotopic (exact) mass is 240 g/mol. The van der Waals surface area contributed by atoms with Gasteiger partial charge in [0.15, 0.2) is 6.29 Å². The molecule has 1 aromatic rings. The molecule has 0 heterocycles. The van der Waals surface area contributed by atoms with Gasteiger partial charge in [-0.25, -0.2) is 0 Å². The second-order valence-electron chi connectivity index (χ2n) is 4.00. The van der Waals surface area contributed by atoms with E-state index < -0.39 is 0 Å². The molecule has 0 spiro atoms. The Morgan fingerprint density at radius 1 is 1.44 bits per heavy atom. The molecular weight excluding hydrogens is 224 g/mol. The lowest BCUT2D eigenvalue weighted by molar-refractivity contribution is -0.157. The lowest BCUT2D eigenvalue weighted by Crippen LogP contribution is -2.20. The Hall–Kier alpha value is -0.570. The fourth-order valence-corrected chi connectivity index (χ4v) is 2.51. The molecule has 16 heavy (non-hydrogen) atoms. The van der Waals surface area contributed by atoms with Gasteiger partial charge in [0.25, 0.3) is 0 Å². The largest absolute Gasteiger partial charge is 0.353 e. The van der Waals surface area contributed by atoms with Crippen LogP contribution in [0.3, 0.4) is 0 Å². The van der Waals surface area contributed by atoms with Crippen molar-refractivity contribution in [3.8, 4) is 0 Å². The highest BCUT2D eigenvalue weighted by molar-refractivity contribution is 6.21. The summed E-state index contributed by atoms with van der Waals surface area (Å²) >= 11 is 6.31. The van der Waals surface area contributed by atoms with Crippen molar-refractivity contribution in [2.24, 2.45) is 0 Å². The van der Waals surface area contributed by atoms with Crippen LogP contribution in [0.25, 0.3) is 0 Å². The van der Waals surface area contributed by atoms with Gasteiger partial charge in [-0.05, 0) is 31.4 Å². The predicted octanol–water partition coefficient (Wildman–Crippen LogP) is 3.29. The van der Waals surface area contributed by atoms with E-state index in [4.69, 9.17) is 21.1 Å². The SMILES string of the molecule is CCOC(C)OC1c2ccccc2CC1Cl. The van der Waals surface area contributed by atoms with Crippen LogP contribution < -0.4 is 0 Å². The van der Waals surface area contributed by atoms with E-state index in [1.54, 1.807) is 0 Å². The maximum Gasteiger partial charge on any atom is 0.155 e. The summed E-state index contributed by atoms with van der Waals surface area (Å²) in [6.07, 6.45) is 0.628. The topological polar surface area (TPSA) is 18.5 Å². The zero-order valence-corrected chi connectivity index (χ0v) is 10.4. The summed E-state index contributed by atoms with van der Waals surface area (Å²) in [5.74, 6) is 0. The molecule has 0 N–H and O–H groups in total. The summed E-state index contributed by atoms with van der Waals surface area (Å²) in [6, 6.07) is 8.26. The molecule has 0 aliphatic heterocycles. The van der Waals surface area contributed by atoms with E-state index in [0.717, 1.165) is 6.42 Å². The summed E-state index contributed by atoms with van der Waals surface area (Å²) < 4.78 is 11.2. The van der Waals surface area contributed by atoms with Gasteiger partial charge in [-0.3, -0.25) is 0 Å². The normalized spacial score (nSPS) is 25.4. The molecule has 0 fully saturated rings. The quantitative estimate of drug-likeness (QED) is 0.594. The van der Waals surface area contributed by atoms with Gasteiger partial charge in [0, 0.05) is 6.61 Å². The first kappa shape index (κ1) is 11.9. The molecule has 1 aliphatic rings. The Kier molecular flexibility index (Phi) is 3.85. The van der Waals surface area contributed by atoms with Crippen LogP contribution in [0.5, 0.6) is 0 Å². The van der Waals surface area contributed by atoms with Gasteiger partial charge in [0.2, 0.25) is 0 Å². The van der Waals surface area contributed by atoms with Crippen molar-refractivity contribution in [3.05, 3.63) is 35.4 Å². The molecule has 88 valence electrons.